The summed E-state index contributed by atoms with van der Waals surface area (Å²) in [6.45, 7) is 4.20. The maximum absolute atomic E-state index is 11.5. The Morgan fingerprint density at radius 1 is 1.30 bits per heavy atom. The Hall–Kier alpha value is -1.89. The van der Waals surface area contributed by atoms with Gasteiger partial charge in [-0.15, -0.1) is 0 Å². The molecule has 1 rings (SSSR count). The van der Waals surface area contributed by atoms with Gasteiger partial charge in [0, 0.05) is 32.7 Å². The molecule has 1 aromatic rings. The Balaban J connectivity index is 2.25. The van der Waals surface area contributed by atoms with Gasteiger partial charge in [0.1, 0.15) is 12.1 Å². The van der Waals surface area contributed by atoms with Crippen LogP contribution in [-0.4, -0.2) is 49.3 Å². The molecule has 0 saturated heterocycles. The summed E-state index contributed by atoms with van der Waals surface area (Å²) in [6, 6.07) is 1.72. The number of nitrogens with zero attached hydrogens (tertiary/aromatic N) is 2. The smallest absolute Gasteiger partial charge is 0.221 e. The van der Waals surface area contributed by atoms with E-state index in [-0.39, 0.29) is 5.91 Å². The first-order valence-corrected chi connectivity index (χ1v) is 6.70. The predicted molar refractivity (Wildman–Crippen MR) is 75.8 cm³/mol. The largest absolute Gasteiger partial charge is 0.478 e. The Bertz CT molecular complexity index is 401. The van der Waals surface area contributed by atoms with Crippen molar-refractivity contribution < 1.29 is 14.3 Å². The molecule has 7 nitrogen and oxygen atoms in total. The van der Waals surface area contributed by atoms with E-state index in [0.717, 1.165) is 6.42 Å². The monoisotopic (exact) mass is 282 g/mol. The number of aromatic nitrogens is 2. The van der Waals surface area contributed by atoms with Gasteiger partial charge >= 0.3 is 0 Å². The van der Waals surface area contributed by atoms with Crippen LogP contribution in [-0.2, 0) is 9.53 Å². The molecule has 0 aliphatic carbocycles. The minimum Gasteiger partial charge on any atom is -0.478 e. The van der Waals surface area contributed by atoms with Crippen LogP contribution in [0.15, 0.2) is 12.4 Å². The van der Waals surface area contributed by atoms with Gasteiger partial charge in [0.05, 0.1) is 13.2 Å². The second kappa shape index (κ2) is 9.96. The lowest BCUT2D eigenvalue weighted by molar-refractivity contribution is -0.121. The third-order valence-electron chi connectivity index (χ3n) is 2.38. The molecule has 112 valence electrons. The number of rotatable bonds is 10. The average Bonchev–Trinajstić information content (AvgIpc) is 2.46. The summed E-state index contributed by atoms with van der Waals surface area (Å²) < 4.78 is 10.3. The standard InChI is InChI=1S/C13H22N4O3/c1-3-7-20-13-9-11(16-10-17-13)14-5-4-12(18)15-6-8-19-2/h9-10H,3-8H2,1-2H3,(H,15,18)(H,14,16,17). The fourth-order valence-electron chi connectivity index (χ4n) is 1.41. The normalized spacial score (nSPS) is 10.1. The summed E-state index contributed by atoms with van der Waals surface area (Å²) in [5.74, 6) is 1.16. The van der Waals surface area contributed by atoms with Crippen molar-refractivity contribution in [1.82, 2.24) is 15.3 Å². The first-order chi connectivity index (χ1) is 9.76. The SMILES string of the molecule is CCCOc1cc(NCCC(=O)NCCOC)ncn1. The first-order valence-electron chi connectivity index (χ1n) is 6.70. The zero-order valence-corrected chi connectivity index (χ0v) is 12.0. The van der Waals surface area contributed by atoms with E-state index in [9.17, 15) is 4.79 Å². The van der Waals surface area contributed by atoms with Gasteiger partial charge in [0.2, 0.25) is 11.8 Å². The molecular formula is C13H22N4O3. The number of hydrogen-bond acceptors (Lipinski definition) is 6. The summed E-state index contributed by atoms with van der Waals surface area (Å²) in [5, 5.41) is 5.81. The molecule has 0 aliphatic rings. The Kier molecular flexibility index (Phi) is 8.05. The van der Waals surface area contributed by atoms with E-state index in [4.69, 9.17) is 9.47 Å². The van der Waals surface area contributed by atoms with Gasteiger partial charge < -0.3 is 20.1 Å². The maximum atomic E-state index is 11.5. The Labute approximate surface area is 119 Å². The molecule has 0 unspecified atom stereocenters. The summed E-state index contributed by atoms with van der Waals surface area (Å²) >= 11 is 0. The molecule has 0 spiro atoms. The second-order valence-corrected chi connectivity index (χ2v) is 4.11. The van der Waals surface area contributed by atoms with Gasteiger partial charge in [-0.1, -0.05) is 6.92 Å². The highest BCUT2D eigenvalue weighted by Crippen LogP contribution is 2.10. The van der Waals surface area contributed by atoms with Crippen molar-refractivity contribution in [2.24, 2.45) is 0 Å². The molecule has 0 saturated carbocycles. The molecule has 0 atom stereocenters. The van der Waals surface area contributed by atoms with E-state index >= 15 is 0 Å². The highest BCUT2D eigenvalue weighted by Gasteiger charge is 2.02. The zero-order valence-electron chi connectivity index (χ0n) is 12.0. The molecule has 1 amide bonds. The molecule has 0 aromatic carbocycles. The maximum Gasteiger partial charge on any atom is 0.221 e. The van der Waals surface area contributed by atoms with Crippen molar-refractivity contribution in [3.8, 4) is 5.88 Å². The van der Waals surface area contributed by atoms with Gasteiger partial charge in [0.25, 0.3) is 0 Å². The number of ether oxygens (including phenoxy) is 2. The van der Waals surface area contributed by atoms with Crippen LogP contribution in [0.25, 0.3) is 0 Å². The van der Waals surface area contributed by atoms with E-state index in [1.54, 1.807) is 13.2 Å². The van der Waals surface area contributed by atoms with Crippen LogP contribution in [0, 0.1) is 0 Å². The number of carbonyl (C=O) groups excluding carboxylic acids is 1. The number of nitrogens with one attached hydrogen (secondary N) is 2. The van der Waals surface area contributed by atoms with Crippen molar-refractivity contribution in [3.05, 3.63) is 12.4 Å². The van der Waals surface area contributed by atoms with Crippen LogP contribution in [0.5, 0.6) is 5.88 Å². The molecular weight excluding hydrogens is 260 g/mol. The topological polar surface area (TPSA) is 85.4 Å². The van der Waals surface area contributed by atoms with E-state index in [1.807, 2.05) is 6.92 Å². The molecule has 0 bridgehead atoms. The first kappa shape index (κ1) is 16.2. The Morgan fingerprint density at radius 2 is 2.15 bits per heavy atom. The van der Waals surface area contributed by atoms with E-state index in [0.29, 0.717) is 44.4 Å². The lowest BCUT2D eigenvalue weighted by Crippen LogP contribution is -2.28. The van der Waals surface area contributed by atoms with E-state index in [1.165, 1.54) is 6.33 Å². The predicted octanol–water partition coefficient (Wildman–Crippen LogP) is 0.830. The molecule has 1 aromatic heterocycles. The van der Waals surface area contributed by atoms with Crippen molar-refractivity contribution in [1.29, 1.82) is 0 Å². The fourth-order valence-corrected chi connectivity index (χ4v) is 1.41. The molecule has 0 fully saturated rings. The molecule has 7 heteroatoms. The molecule has 0 aliphatic heterocycles. The van der Waals surface area contributed by atoms with Crippen molar-refractivity contribution >= 4 is 11.7 Å². The summed E-state index contributed by atoms with van der Waals surface area (Å²) in [4.78, 5) is 19.5. The number of methoxy groups -OCH3 is 1. The second-order valence-electron chi connectivity index (χ2n) is 4.11. The molecule has 1 heterocycles. The summed E-state index contributed by atoms with van der Waals surface area (Å²) in [7, 11) is 1.60. The number of amides is 1. The molecule has 2 N–H and O–H groups in total. The quantitative estimate of drug-likeness (QED) is 0.618. The van der Waals surface area contributed by atoms with E-state index < -0.39 is 0 Å². The van der Waals surface area contributed by atoms with E-state index in [2.05, 4.69) is 20.6 Å². The van der Waals surface area contributed by atoms with Crippen LogP contribution < -0.4 is 15.4 Å². The highest BCUT2D eigenvalue weighted by molar-refractivity contribution is 5.76. The van der Waals surface area contributed by atoms with Gasteiger partial charge in [-0.3, -0.25) is 4.79 Å². The van der Waals surface area contributed by atoms with Crippen LogP contribution in [0.2, 0.25) is 0 Å². The number of carbonyl (C=O) groups is 1. The molecule has 20 heavy (non-hydrogen) atoms. The average molecular weight is 282 g/mol. The lowest BCUT2D eigenvalue weighted by atomic mass is 10.4. The van der Waals surface area contributed by atoms with Gasteiger partial charge in [-0.2, -0.15) is 0 Å². The molecule has 0 radical (unpaired) electrons. The minimum atomic E-state index is -0.0222. The van der Waals surface area contributed by atoms with Crippen LogP contribution in [0.1, 0.15) is 19.8 Å². The fraction of sp³-hybridized carbons (Fsp3) is 0.615. The van der Waals surface area contributed by atoms with Crippen LogP contribution in [0.4, 0.5) is 5.82 Å². The third-order valence-corrected chi connectivity index (χ3v) is 2.38. The van der Waals surface area contributed by atoms with Crippen molar-refractivity contribution in [3.63, 3.8) is 0 Å². The zero-order chi connectivity index (χ0) is 14.6. The number of anilines is 1. The summed E-state index contributed by atoms with van der Waals surface area (Å²) in [5.41, 5.74) is 0. The van der Waals surface area contributed by atoms with Crippen molar-refractivity contribution in [2.45, 2.75) is 19.8 Å². The Morgan fingerprint density at radius 3 is 2.90 bits per heavy atom. The minimum absolute atomic E-state index is 0.0222. The van der Waals surface area contributed by atoms with Gasteiger partial charge in [-0.05, 0) is 6.42 Å². The van der Waals surface area contributed by atoms with Crippen LogP contribution >= 0.6 is 0 Å². The van der Waals surface area contributed by atoms with Crippen molar-refractivity contribution in [2.75, 3.05) is 38.7 Å². The number of hydrogen-bond donors (Lipinski definition) is 2. The third kappa shape index (κ3) is 6.89. The van der Waals surface area contributed by atoms with Gasteiger partial charge in [0.15, 0.2) is 0 Å². The highest BCUT2D eigenvalue weighted by atomic mass is 16.5. The summed E-state index contributed by atoms with van der Waals surface area (Å²) in [6.07, 6.45) is 2.74. The van der Waals surface area contributed by atoms with Gasteiger partial charge in [-0.25, -0.2) is 9.97 Å². The van der Waals surface area contributed by atoms with Crippen LogP contribution in [0.3, 0.4) is 0 Å². The lowest BCUT2D eigenvalue weighted by Gasteiger charge is -2.08.